The second kappa shape index (κ2) is 5.45. The molecule has 1 amide bonds. The third-order valence-corrected chi connectivity index (χ3v) is 2.83. The van der Waals surface area contributed by atoms with Crippen LogP contribution in [-0.2, 0) is 4.79 Å². The molecule has 1 aromatic rings. The standard InChI is InChI=1S/C13H16BrNO2/c1-13(2,3)11(16)8-15-12(17)9-5-4-6-10(14)7-9/h4-7H,8H2,1-3H3,(H,15,17). The van der Waals surface area contributed by atoms with Crippen LogP contribution >= 0.6 is 15.9 Å². The maximum absolute atomic E-state index is 11.7. The highest BCUT2D eigenvalue weighted by Crippen LogP contribution is 2.14. The molecule has 0 heterocycles. The Bertz CT molecular complexity index is 435. The number of ketones is 1. The van der Waals surface area contributed by atoms with Crippen molar-refractivity contribution in [3.63, 3.8) is 0 Å². The Labute approximate surface area is 110 Å². The number of nitrogens with one attached hydrogen (secondary N) is 1. The molecule has 0 aromatic heterocycles. The van der Waals surface area contributed by atoms with Crippen LogP contribution in [0.3, 0.4) is 0 Å². The molecule has 0 radical (unpaired) electrons. The van der Waals surface area contributed by atoms with E-state index in [1.54, 1.807) is 18.2 Å². The van der Waals surface area contributed by atoms with E-state index in [0.717, 1.165) is 4.47 Å². The van der Waals surface area contributed by atoms with Crippen molar-refractivity contribution < 1.29 is 9.59 Å². The summed E-state index contributed by atoms with van der Waals surface area (Å²) in [5.41, 5.74) is 0.117. The highest BCUT2D eigenvalue weighted by Gasteiger charge is 2.21. The van der Waals surface area contributed by atoms with Crippen molar-refractivity contribution in [2.24, 2.45) is 5.41 Å². The zero-order valence-electron chi connectivity index (χ0n) is 10.2. The minimum Gasteiger partial charge on any atom is -0.345 e. The second-order valence-corrected chi connectivity index (χ2v) is 5.78. The molecule has 3 nitrogen and oxygen atoms in total. The van der Waals surface area contributed by atoms with Gasteiger partial charge in [0.2, 0.25) is 0 Å². The molecular formula is C13H16BrNO2. The van der Waals surface area contributed by atoms with E-state index in [1.807, 2.05) is 26.8 Å². The summed E-state index contributed by atoms with van der Waals surface area (Å²) in [6, 6.07) is 7.06. The number of benzene rings is 1. The normalized spacial score (nSPS) is 11.1. The van der Waals surface area contributed by atoms with Crippen molar-refractivity contribution in [2.45, 2.75) is 20.8 Å². The van der Waals surface area contributed by atoms with Crippen LogP contribution in [0, 0.1) is 5.41 Å². The molecule has 0 aliphatic rings. The fourth-order valence-electron chi connectivity index (χ4n) is 1.16. The van der Waals surface area contributed by atoms with Gasteiger partial charge >= 0.3 is 0 Å². The predicted molar refractivity (Wildman–Crippen MR) is 70.9 cm³/mol. The lowest BCUT2D eigenvalue weighted by Gasteiger charge is -2.16. The first-order valence-corrected chi connectivity index (χ1v) is 6.17. The Morgan fingerprint density at radius 1 is 1.29 bits per heavy atom. The summed E-state index contributed by atoms with van der Waals surface area (Å²) in [4.78, 5) is 23.4. The Kier molecular flexibility index (Phi) is 4.46. The Morgan fingerprint density at radius 2 is 1.94 bits per heavy atom. The number of carbonyl (C=O) groups excluding carboxylic acids is 2. The first-order valence-electron chi connectivity index (χ1n) is 5.38. The summed E-state index contributed by atoms with van der Waals surface area (Å²) in [5, 5.41) is 2.62. The summed E-state index contributed by atoms with van der Waals surface area (Å²) in [7, 11) is 0. The molecule has 0 spiro atoms. The number of Topliss-reactive ketones (excluding diaryl/α,β-unsaturated/α-hetero) is 1. The fraction of sp³-hybridized carbons (Fsp3) is 0.385. The molecule has 1 aromatic carbocycles. The largest absolute Gasteiger partial charge is 0.345 e. The summed E-state index contributed by atoms with van der Waals surface area (Å²) >= 11 is 3.30. The average molecular weight is 298 g/mol. The van der Waals surface area contributed by atoms with Crippen molar-refractivity contribution in [3.05, 3.63) is 34.3 Å². The first-order chi connectivity index (χ1) is 7.80. The molecule has 17 heavy (non-hydrogen) atoms. The molecule has 0 atom stereocenters. The van der Waals surface area contributed by atoms with E-state index in [2.05, 4.69) is 21.2 Å². The topological polar surface area (TPSA) is 46.2 Å². The van der Waals surface area contributed by atoms with Gasteiger partial charge in [0.1, 0.15) is 0 Å². The highest BCUT2D eigenvalue weighted by molar-refractivity contribution is 9.10. The van der Waals surface area contributed by atoms with Crippen LogP contribution in [0.4, 0.5) is 0 Å². The number of halogens is 1. The monoisotopic (exact) mass is 297 g/mol. The predicted octanol–water partition coefficient (Wildman–Crippen LogP) is 2.79. The lowest BCUT2D eigenvalue weighted by molar-refractivity contribution is -0.125. The van der Waals surface area contributed by atoms with E-state index in [4.69, 9.17) is 0 Å². The molecule has 0 bridgehead atoms. The van der Waals surface area contributed by atoms with Crippen molar-refractivity contribution in [2.75, 3.05) is 6.54 Å². The van der Waals surface area contributed by atoms with Crippen LogP contribution in [-0.4, -0.2) is 18.2 Å². The van der Waals surface area contributed by atoms with Gasteiger partial charge in [-0.05, 0) is 18.2 Å². The minimum absolute atomic E-state index is 0.0147. The summed E-state index contributed by atoms with van der Waals surface area (Å²) in [6.07, 6.45) is 0. The SMILES string of the molecule is CC(C)(C)C(=O)CNC(=O)c1cccc(Br)c1. The van der Waals surface area contributed by atoms with Gasteiger partial charge in [0.15, 0.2) is 5.78 Å². The van der Waals surface area contributed by atoms with E-state index in [9.17, 15) is 9.59 Å². The molecule has 0 aliphatic heterocycles. The Balaban J connectivity index is 2.60. The van der Waals surface area contributed by atoms with E-state index >= 15 is 0 Å². The van der Waals surface area contributed by atoms with Crippen molar-refractivity contribution in [3.8, 4) is 0 Å². The number of carbonyl (C=O) groups is 2. The van der Waals surface area contributed by atoms with Crippen molar-refractivity contribution >= 4 is 27.6 Å². The summed E-state index contributed by atoms with van der Waals surface area (Å²) < 4.78 is 0.840. The fourth-order valence-corrected chi connectivity index (χ4v) is 1.56. The smallest absolute Gasteiger partial charge is 0.251 e. The van der Waals surface area contributed by atoms with Gasteiger partial charge in [-0.1, -0.05) is 42.8 Å². The maximum Gasteiger partial charge on any atom is 0.251 e. The van der Waals surface area contributed by atoms with Gasteiger partial charge in [0, 0.05) is 15.5 Å². The summed E-state index contributed by atoms with van der Waals surface area (Å²) in [5.74, 6) is -0.218. The average Bonchev–Trinajstić information content (AvgIpc) is 2.24. The van der Waals surface area contributed by atoms with Crippen LogP contribution in [0.2, 0.25) is 0 Å². The highest BCUT2D eigenvalue weighted by atomic mass is 79.9. The minimum atomic E-state index is -0.426. The van der Waals surface area contributed by atoms with Gasteiger partial charge in [-0.15, -0.1) is 0 Å². The van der Waals surface area contributed by atoms with Gasteiger partial charge in [0.25, 0.3) is 5.91 Å². The van der Waals surface area contributed by atoms with Gasteiger partial charge in [-0.2, -0.15) is 0 Å². The molecule has 0 aliphatic carbocycles. The molecular weight excluding hydrogens is 282 g/mol. The Morgan fingerprint density at radius 3 is 2.47 bits per heavy atom. The lowest BCUT2D eigenvalue weighted by Crippen LogP contribution is -2.35. The molecule has 92 valence electrons. The quantitative estimate of drug-likeness (QED) is 0.932. The van der Waals surface area contributed by atoms with Crippen LogP contribution in [0.25, 0.3) is 0 Å². The first kappa shape index (κ1) is 13.9. The zero-order valence-corrected chi connectivity index (χ0v) is 11.8. The molecule has 0 fully saturated rings. The summed E-state index contributed by atoms with van der Waals surface area (Å²) in [6.45, 7) is 5.57. The van der Waals surface area contributed by atoms with Crippen LogP contribution in [0.5, 0.6) is 0 Å². The van der Waals surface area contributed by atoms with E-state index in [-0.39, 0.29) is 18.2 Å². The van der Waals surface area contributed by atoms with Gasteiger partial charge in [0.05, 0.1) is 6.54 Å². The molecule has 4 heteroatoms. The molecule has 1 N–H and O–H groups in total. The lowest BCUT2D eigenvalue weighted by atomic mass is 9.91. The number of rotatable bonds is 3. The number of amides is 1. The van der Waals surface area contributed by atoms with Gasteiger partial charge in [-0.25, -0.2) is 0 Å². The molecule has 0 saturated heterocycles. The molecule has 1 rings (SSSR count). The Hall–Kier alpha value is -1.16. The third kappa shape index (κ3) is 4.30. The number of hydrogen-bond acceptors (Lipinski definition) is 2. The molecule has 0 unspecified atom stereocenters. The molecule has 0 saturated carbocycles. The van der Waals surface area contributed by atoms with E-state index < -0.39 is 5.41 Å². The van der Waals surface area contributed by atoms with Crippen molar-refractivity contribution in [1.29, 1.82) is 0 Å². The van der Waals surface area contributed by atoms with Crippen LogP contribution in [0.15, 0.2) is 28.7 Å². The second-order valence-electron chi connectivity index (χ2n) is 4.87. The van der Waals surface area contributed by atoms with Crippen LogP contribution < -0.4 is 5.32 Å². The van der Waals surface area contributed by atoms with Crippen LogP contribution in [0.1, 0.15) is 31.1 Å². The van der Waals surface area contributed by atoms with Crippen molar-refractivity contribution in [1.82, 2.24) is 5.32 Å². The maximum atomic E-state index is 11.7. The van der Waals surface area contributed by atoms with E-state index in [1.165, 1.54) is 0 Å². The van der Waals surface area contributed by atoms with Gasteiger partial charge in [-0.3, -0.25) is 9.59 Å². The van der Waals surface area contributed by atoms with Gasteiger partial charge < -0.3 is 5.32 Å². The number of hydrogen-bond donors (Lipinski definition) is 1. The zero-order chi connectivity index (χ0) is 13.1. The third-order valence-electron chi connectivity index (χ3n) is 2.33. The van der Waals surface area contributed by atoms with E-state index in [0.29, 0.717) is 5.56 Å².